The van der Waals surface area contributed by atoms with Gasteiger partial charge in [-0.2, -0.15) is 4.98 Å². The van der Waals surface area contributed by atoms with Gasteiger partial charge in [0.2, 0.25) is 5.88 Å². The average molecular weight is 217 g/mol. The highest BCUT2D eigenvalue weighted by molar-refractivity contribution is 6.34. The number of pyridine rings is 1. The maximum Gasteiger partial charge on any atom is 0.341 e. The molecule has 0 bridgehead atoms. The van der Waals surface area contributed by atoms with Gasteiger partial charge in [-0.25, -0.2) is 4.79 Å². The minimum absolute atomic E-state index is 0.0306. The molecule has 0 saturated carbocycles. The maximum absolute atomic E-state index is 10.8. The number of ether oxygens (including phenoxy) is 1. The van der Waals surface area contributed by atoms with Crippen LogP contribution in [0.3, 0.4) is 0 Å². The second-order valence-electron chi connectivity index (χ2n) is 2.63. The number of anilines is 1. The van der Waals surface area contributed by atoms with Crippen LogP contribution in [0.25, 0.3) is 0 Å². The Morgan fingerprint density at radius 3 is 2.64 bits per heavy atom. The first-order valence-corrected chi connectivity index (χ1v) is 4.09. The van der Waals surface area contributed by atoms with Crippen LogP contribution in [0.1, 0.15) is 15.9 Å². The standard InChI is InChI=1S/C8H9ClN2O3/c1-3-4(8(12)13)7(14-2)11-6(10)5(3)9/h1-2H3,(H2,10,11)(H,12,13). The molecule has 0 unspecified atom stereocenters. The summed E-state index contributed by atoms with van der Waals surface area (Å²) in [6.45, 7) is 1.55. The van der Waals surface area contributed by atoms with Crippen LogP contribution in [0.15, 0.2) is 0 Å². The number of nitrogens with zero attached hydrogens (tertiary/aromatic N) is 1. The number of hydrogen-bond donors (Lipinski definition) is 2. The number of nitrogens with two attached hydrogens (primary N) is 1. The molecular formula is C8H9ClN2O3. The monoisotopic (exact) mass is 216 g/mol. The van der Waals surface area contributed by atoms with E-state index < -0.39 is 5.97 Å². The highest BCUT2D eigenvalue weighted by atomic mass is 35.5. The van der Waals surface area contributed by atoms with Crippen molar-refractivity contribution in [3.05, 3.63) is 16.1 Å². The van der Waals surface area contributed by atoms with Crippen LogP contribution in [0.4, 0.5) is 5.82 Å². The smallest absolute Gasteiger partial charge is 0.341 e. The number of aromatic carboxylic acids is 1. The lowest BCUT2D eigenvalue weighted by Crippen LogP contribution is -2.08. The summed E-state index contributed by atoms with van der Waals surface area (Å²) in [7, 11) is 1.32. The highest BCUT2D eigenvalue weighted by Crippen LogP contribution is 2.30. The lowest BCUT2D eigenvalue weighted by atomic mass is 10.1. The summed E-state index contributed by atoms with van der Waals surface area (Å²) in [5, 5.41) is 9.02. The van der Waals surface area contributed by atoms with Crippen LogP contribution >= 0.6 is 11.6 Å². The molecule has 0 aromatic carbocycles. The Labute approximate surface area is 85.5 Å². The molecule has 6 heteroatoms. The minimum atomic E-state index is -1.14. The number of rotatable bonds is 2. The van der Waals surface area contributed by atoms with Crippen molar-refractivity contribution in [1.29, 1.82) is 0 Å². The van der Waals surface area contributed by atoms with E-state index in [1.165, 1.54) is 7.11 Å². The van der Waals surface area contributed by atoms with Crippen molar-refractivity contribution in [1.82, 2.24) is 4.98 Å². The van der Waals surface area contributed by atoms with E-state index in [-0.39, 0.29) is 22.3 Å². The molecule has 5 nitrogen and oxygen atoms in total. The fraction of sp³-hybridized carbons (Fsp3) is 0.250. The highest BCUT2D eigenvalue weighted by Gasteiger charge is 2.20. The van der Waals surface area contributed by atoms with Crippen LogP contribution in [0.2, 0.25) is 5.02 Å². The molecule has 14 heavy (non-hydrogen) atoms. The number of hydrogen-bond acceptors (Lipinski definition) is 4. The largest absolute Gasteiger partial charge is 0.480 e. The zero-order valence-electron chi connectivity index (χ0n) is 7.67. The summed E-state index contributed by atoms with van der Waals surface area (Å²) in [5.41, 5.74) is 5.74. The van der Waals surface area contributed by atoms with Crippen molar-refractivity contribution in [2.75, 3.05) is 12.8 Å². The first-order valence-electron chi connectivity index (χ1n) is 3.71. The van der Waals surface area contributed by atoms with Gasteiger partial charge in [0.05, 0.1) is 12.1 Å². The van der Waals surface area contributed by atoms with E-state index in [4.69, 9.17) is 27.2 Å². The van der Waals surface area contributed by atoms with Gasteiger partial charge in [0.25, 0.3) is 0 Å². The number of nitrogen functional groups attached to an aromatic ring is 1. The summed E-state index contributed by atoms with van der Waals surface area (Å²) >= 11 is 5.75. The van der Waals surface area contributed by atoms with E-state index in [0.29, 0.717) is 5.56 Å². The number of carboxylic acids is 1. The lowest BCUT2D eigenvalue weighted by Gasteiger charge is -2.09. The van der Waals surface area contributed by atoms with Crippen molar-refractivity contribution < 1.29 is 14.6 Å². The van der Waals surface area contributed by atoms with Crippen LogP contribution < -0.4 is 10.5 Å². The number of aromatic nitrogens is 1. The predicted molar refractivity (Wildman–Crippen MR) is 51.9 cm³/mol. The van der Waals surface area contributed by atoms with Gasteiger partial charge < -0.3 is 15.6 Å². The third-order valence-electron chi connectivity index (χ3n) is 1.77. The van der Waals surface area contributed by atoms with E-state index in [9.17, 15) is 4.79 Å². The molecule has 1 heterocycles. The van der Waals surface area contributed by atoms with Crippen molar-refractivity contribution in [2.24, 2.45) is 0 Å². The molecule has 0 aliphatic rings. The van der Waals surface area contributed by atoms with E-state index >= 15 is 0 Å². The topological polar surface area (TPSA) is 85.4 Å². The van der Waals surface area contributed by atoms with Crippen molar-refractivity contribution in [3.63, 3.8) is 0 Å². The molecule has 76 valence electrons. The fourth-order valence-electron chi connectivity index (χ4n) is 1.08. The van der Waals surface area contributed by atoms with Gasteiger partial charge in [0.1, 0.15) is 11.4 Å². The second kappa shape index (κ2) is 3.71. The Hall–Kier alpha value is -1.49. The molecule has 0 saturated heterocycles. The van der Waals surface area contributed by atoms with Crippen molar-refractivity contribution in [3.8, 4) is 5.88 Å². The minimum Gasteiger partial charge on any atom is -0.480 e. The number of carboxylic acid groups (broad SMARTS) is 1. The second-order valence-corrected chi connectivity index (χ2v) is 3.00. The number of methoxy groups -OCH3 is 1. The van der Waals surface area contributed by atoms with E-state index in [1.54, 1.807) is 6.92 Å². The molecule has 1 aromatic heterocycles. The van der Waals surface area contributed by atoms with Crippen molar-refractivity contribution >= 4 is 23.4 Å². The molecule has 3 N–H and O–H groups in total. The Balaban J connectivity index is 3.53. The summed E-state index contributed by atoms with van der Waals surface area (Å²) in [6.07, 6.45) is 0. The van der Waals surface area contributed by atoms with Gasteiger partial charge in [-0.1, -0.05) is 11.6 Å². The molecular weight excluding hydrogens is 208 g/mol. The molecule has 0 fully saturated rings. The van der Waals surface area contributed by atoms with Gasteiger partial charge >= 0.3 is 5.97 Å². The summed E-state index contributed by atoms with van der Waals surface area (Å²) in [6, 6.07) is 0. The summed E-state index contributed by atoms with van der Waals surface area (Å²) in [4.78, 5) is 14.6. The quantitative estimate of drug-likeness (QED) is 0.779. The fourth-order valence-corrected chi connectivity index (χ4v) is 1.21. The van der Waals surface area contributed by atoms with Gasteiger partial charge in [0, 0.05) is 0 Å². The Kier molecular flexibility index (Phi) is 2.81. The Bertz CT molecular complexity index is 393. The van der Waals surface area contributed by atoms with Gasteiger partial charge in [-0.15, -0.1) is 0 Å². The van der Waals surface area contributed by atoms with E-state index in [0.717, 1.165) is 0 Å². The van der Waals surface area contributed by atoms with E-state index in [2.05, 4.69) is 4.98 Å². The van der Waals surface area contributed by atoms with Crippen LogP contribution in [-0.2, 0) is 0 Å². The van der Waals surface area contributed by atoms with Crippen LogP contribution in [-0.4, -0.2) is 23.2 Å². The molecule has 0 atom stereocenters. The van der Waals surface area contributed by atoms with E-state index in [1.807, 2.05) is 0 Å². The van der Waals surface area contributed by atoms with Crippen molar-refractivity contribution in [2.45, 2.75) is 6.92 Å². The molecule has 0 amide bonds. The molecule has 0 radical (unpaired) electrons. The third kappa shape index (κ3) is 1.58. The van der Waals surface area contributed by atoms with Gasteiger partial charge in [-0.3, -0.25) is 0 Å². The molecule has 0 aliphatic carbocycles. The first-order chi connectivity index (χ1) is 6.49. The van der Waals surface area contributed by atoms with Gasteiger partial charge in [-0.05, 0) is 12.5 Å². The SMILES string of the molecule is COc1nc(N)c(Cl)c(C)c1C(=O)O. The molecule has 0 spiro atoms. The molecule has 1 aromatic rings. The molecule has 0 aliphatic heterocycles. The summed E-state index contributed by atoms with van der Waals surface area (Å²) < 4.78 is 4.79. The third-order valence-corrected chi connectivity index (χ3v) is 2.25. The van der Waals surface area contributed by atoms with Crippen LogP contribution in [0.5, 0.6) is 5.88 Å². The number of halogens is 1. The molecule has 1 rings (SSSR count). The number of carbonyl (C=O) groups is 1. The van der Waals surface area contributed by atoms with Gasteiger partial charge in [0.15, 0.2) is 0 Å². The predicted octanol–water partition coefficient (Wildman–Crippen LogP) is 1.33. The Morgan fingerprint density at radius 1 is 1.64 bits per heavy atom. The lowest BCUT2D eigenvalue weighted by molar-refractivity contribution is 0.0691. The maximum atomic E-state index is 10.8. The average Bonchev–Trinajstić information content (AvgIpc) is 2.12. The zero-order chi connectivity index (χ0) is 10.9. The Morgan fingerprint density at radius 2 is 2.21 bits per heavy atom. The normalized spacial score (nSPS) is 9.93. The zero-order valence-corrected chi connectivity index (χ0v) is 8.42. The first kappa shape index (κ1) is 10.6. The summed E-state index contributed by atoms with van der Waals surface area (Å²) in [5.74, 6) is -1.11. The van der Waals surface area contributed by atoms with Crippen LogP contribution in [0, 0.1) is 6.92 Å².